The van der Waals surface area contributed by atoms with Crippen LogP contribution in [0, 0.1) is 6.92 Å². The first-order chi connectivity index (χ1) is 11.5. The van der Waals surface area contributed by atoms with E-state index in [-0.39, 0.29) is 28.4 Å². The molecule has 0 unspecified atom stereocenters. The average molecular weight is 389 g/mol. The number of carbonyl (C=O) groups is 1. The summed E-state index contributed by atoms with van der Waals surface area (Å²) in [6.07, 6.45) is 0.775. The van der Waals surface area contributed by atoms with Gasteiger partial charge in [-0.05, 0) is 44.4 Å². The summed E-state index contributed by atoms with van der Waals surface area (Å²) in [4.78, 5) is 11.1. The Bertz CT molecular complexity index is 876. The van der Waals surface area contributed by atoms with E-state index in [4.69, 9.17) is 5.11 Å². The SMILES string of the molecule is CC[C@H](C)N([C@@H]1CCS(=O)(=O)C1)S(=O)(=O)c1cc(C(=O)O)ccc1C. The number of aryl methyl sites for hydroxylation is 1. The van der Waals surface area contributed by atoms with Crippen molar-refractivity contribution in [1.29, 1.82) is 0 Å². The maximum atomic E-state index is 13.3. The van der Waals surface area contributed by atoms with E-state index in [1.54, 1.807) is 13.8 Å². The van der Waals surface area contributed by atoms with Crippen LogP contribution in [-0.4, -0.2) is 55.8 Å². The largest absolute Gasteiger partial charge is 0.478 e. The molecule has 1 aliphatic rings. The Hall–Kier alpha value is -1.45. The fraction of sp³-hybridized carbons (Fsp3) is 0.562. The van der Waals surface area contributed by atoms with E-state index in [1.165, 1.54) is 16.4 Å². The molecular formula is C16H23NO6S2. The maximum absolute atomic E-state index is 13.3. The molecule has 1 aliphatic heterocycles. The normalized spacial score (nSPS) is 21.4. The molecule has 1 fully saturated rings. The Morgan fingerprint density at radius 1 is 1.40 bits per heavy atom. The molecule has 0 bridgehead atoms. The van der Waals surface area contributed by atoms with Crippen molar-refractivity contribution in [2.75, 3.05) is 11.5 Å². The standard InChI is InChI=1S/C16H23NO6S2/c1-4-12(3)17(14-7-8-24(20,21)10-14)25(22,23)15-9-13(16(18)19)6-5-11(15)2/h5-6,9,12,14H,4,7-8,10H2,1-3H3,(H,18,19)/t12-,14+/m0/s1. The molecule has 7 nitrogen and oxygen atoms in total. The Kier molecular flexibility index (Phi) is 5.60. The molecule has 0 radical (unpaired) electrons. The van der Waals surface area contributed by atoms with E-state index < -0.39 is 37.9 Å². The molecule has 0 aliphatic carbocycles. The van der Waals surface area contributed by atoms with Crippen molar-refractivity contribution in [3.8, 4) is 0 Å². The second-order valence-corrected chi connectivity index (χ2v) is 10.5. The van der Waals surface area contributed by atoms with Gasteiger partial charge >= 0.3 is 5.97 Å². The van der Waals surface area contributed by atoms with Crippen LogP contribution in [0.2, 0.25) is 0 Å². The molecule has 0 spiro atoms. The molecule has 0 saturated carbocycles. The summed E-state index contributed by atoms with van der Waals surface area (Å²) in [6.45, 7) is 5.16. The number of carboxylic acid groups (broad SMARTS) is 1. The van der Waals surface area contributed by atoms with Crippen molar-refractivity contribution >= 4 is 25.8 Å². The fourth-order valence-electron chi connectivity index (χ4n) is 3.07. The molecule has 1 saturated heterocycles. The van der Waals surface area contributed by atoms with Crippen LogP contribution in [0.15, 0.2) is 23.1 Å². The molecule has 25 heavy (non-hydrogen) atoms. The molecule has 1 aromatic carbocycles. The number of carboxylic acids is 1. The van der Waals surface area contributed by atoms with Crippen LogP contribution in [0.1, 0.15) is 42.6 Å². The van der Waals surface area contributed by atoms with Gasteiger partial charge in [0.05, 0.1) is 22.0 Å². The summed E-state index contributed by atoms with van der Waals surface area (Å²) in [5.41, 5.74) is 0.312. The van der Waals surface area contributed by atoms with Crippen LogP contribution < -0.4 is 0 Å². The van der Waals surface area contributed by atoms with Crippen molar-refractivity contribution in [3.05, 3.63) is 29.3 Å². The lowest BCUT2D eigenvalue weighted by Gasteiger charge is -2.33. The molecule has 2 atom stereocenters. The molecule has 140 valence electrons. The van der Waals surface area contributed by atoms with Gasteiger partial charge in [-0.3, -0.25) is 0 Å². The highest BCUT2D eigenvalue weighted by Crippen LogP contribution is 2.30. The van der Waals surface area contributed by atoms with Crippen LogP contribution in [-0.2, 0) is 19.9 Å². The topological polar surface area (TPSA) is 109 Å². The zero-order chi connectivity index (χ0) is 19.0. The first kappa shape index (κ1) is 19.9. The number of benzene rings is 1. The third kappa shape index (κ3) is 4.04. The Balaban J connectivity index is 2.56. The number of hydrogen-bond acceptors (Lipinski definition) is 5. The summed E-state index contributed by atoms with van der Waals surface area (Å²) in [6, 6.07) is 2.93. The Morgan fingerprint density at radius 2 is 2.04 bits per heavy atom. The number of hydrogen-bond donors (Lipinski definition) is 1. The fourth-order valence-corrected chi connectivity index (χ4v) is 7.05. The Morgan fingerprint density at radius 3 is 2.52 bits per heavy atom. The third-order valence-electron chi connectivity index (χ3n) is 4.58. The molecule has 1 heterocycles. The zero-order valence-corrected chi connectivity index (χ0v) is 16.1. The summed E-state index contributed by atoms with van der Waals surface area (Å²) >= 11 is 0. The highest BCUT2D eigenvalue weighted by Gasteiger charge is 2.41. The van der Waals surface area contributed by atoms with Gasteiger partial charge in [0.15, 0.2) is 9.84 Å². The minimum Gasteiger partial charge on any atom is -0.478 e. The number of rotatable bonds is 6. The number of nitrogens with zero attached hydrogens (tertiary/aromatic N) is 1. The average Bonchev–Trinajstić information content (AvgIpc) is 2.86. The van der Waals surface area contributed by atoms with Gasteiger partial charge in [-0.1, -0.05) is 13.0 Å². The lowest BCUT2D eigenvalue weighted by Crippen LogP contribution is -2.46. The lowest BCUT2D eigenvalue weighted by molar-refractivity contribution is 0.0696. The van der Waals surface area contributed by atoms with Crippen molar-refractivity contribution < 1.29 is 26.7 Å². The zero-order valence-electron chi connectivity index (χ0n) is 14.5. The maximum Gasteiger partial charge on any atom is 0.335 e. The number of sulfone groups is 1. The highest BCUT2D eigenvalue weighted by atomic mass is 32.2. The molecule has 1 N–H and O–H groups in total. The van der Waals surface area contributed by atoms with Crippen LogP contribution in [0.4, 0.5) is 0 Å². The van der Waals surface area contributed by atoms with Gasteiger partial charge in [-0.25, -0.2) is 21.6 Å². The van der Waals surface area contributed by atoms with E-state index in [0.29, 0.717) is 12.0 Å². The van der Waals surface area contributed by atoms with E-state index in [9.17, 15) is 21.6 Å². The van der Waals surface area contributed by atoms with Gasteiger partial charge in [0.25, 0.3) is 0 Å². The predicted octanol–water partition coefficient (Wildman–Crippen LogP) is 1.67. The molecule has 0 aromatic heterocycles. The van der Waals surface area contributed by atoms with Gasteiger partial charge in [0.1, 0.15) is 0 Å². The monoisotopic (exact) mass is 389 g/mol. The third-order valence-corrected chi connectivity index (χ3v) is 8.54. The van der Waals surface area contributed by atoms with Crippen molar-refractivity contribution in [3.63, 3.8) is 0 Å². The summed E-state index contributed by atoms with van der Waals surface area (Å²) in [7, 11) is -7.28. The smallest absolute Gasteiger partial charge is 0.335 e. The minimum absolute atomic E-state index is 0.0335. The highest BCUT2D eigenvalue weighted by molar-refractivity contribution is 7.92. The summed E-state index contributed by atoms with van der Waals surface area (Å²) < 4.78 is 51.4. The van der Waals surface area contributed by atoms with Crippen LogP contribution >= 0.6 is 0 Å². The van der Waals surface area contributed by atoms with Crippen LogP contribution in [0.5, 0.6) is 0 Å². The van der Waals surface area contributed by atoms with Gasteiger partial charge in [-0.2, -0.15) is 4.31 Å². The second kappa shape index (κ2) is 7.05. The molecule has 0 amide bonds. The first-order valence-corrected chi connectivity index (χ1v) is 11.3. The lowest BCUT2D eigenvalue weighted by atomic mass is 10.1. The summed E-state index contributed by atoms with van der Waals surface area (Å²) in [5.74, 6) is -1.45. The van der Waals surface area contributed by atoms with E-state index in [0.717, 1.165) is 6.07 Å². The van der Waals surface area contributed by atoms with Crippen molar-refractivity contribution in [2.24, 2.45) is 0 Å². The van der Waals surface area contributed by atoms with Gasteiger partial charge in [0.2, 0.25) is 10.0 Å². The van der Waals surface area contributed by atoms with E-state index in [2.05, 4.69) is 0 Å². The quantitative estimate of drug-likeness (QED) is 0.793. The second-order valence-electron chi connectivity index (χ2n) is 6.43. The van der Waals surface area contributed by atoms with Gasteiger partial charge in [-0.15, -0.1) is 0 Å². The van der Waals surface area contributed by atoms with Crippen LogP contribution in [0.3, 0.4) is 0 Å². The van der Waals surface area contributed by atoms with Crippen molar-refractivity contribution in [2.45, 2.75) is 50.6 Å². The van der Waals surface area contributed by atoms with Crippen LogP contribution in [0.25, 0.3) is 0 Å². The molecule has 2 rings (SSSR count). The van der Waals surface area contributed by atoms with Gasteiger partial charge < -0.3 is 5.11 Å². The Labute approximate surface area is 148 Å². The van der Waals surface area contributed by atoms with E-state index >= 15 is 0 Å². The molecule has 9 heteroatoms. The predicted molar refractivity (Wildman–Crippen MR) is 94.0 cm³/mol. The number of aromatic carboxylic acids is 1. The van der Waals surface area contributed by atoms with Crippen molar-refractivity contribution in [1.82, 2.24) is 4.31 Å². The minimum atomic E-state index is -4.03. The van der Waals surface area contributed by atoms with E-state index in [1.807, 2.05) is 6.92 Å². The van der Waals surface area contributed by atoms with Gasteiger partial charge in [0, 0.05) is 12.1 Å². The number of sulfonamides is 1. The molecule has 1 aromatic rings. The first-order valence-electron chi connectivity index (χ1n) is 8.07. The summed E-state index contributed by atoms with van der Waals surface area (Å²) in [5, 5.41) is 9.15. The molecular weight excluding hydrogens is 366 g/mol.